The van der Waals surface area contributed by atoms with E-state index in [1.807, 2.05) is 0 Å². The minimum absolute atomic E-state index is 1.02. The molecule has 1 rings (SSSR count). The Hall–Kier alpha value is -1.02. The Kier molecular flexibility index (Phi) is 4.81. The van der Waals surface area contributed by atoms with Gasteiger partial charge in [-0.3, -0.25) is 0 Å². The van der Waals surface area contributed by atoms with Gasteiger partial charge in [0, 0.05) is 6.54 Å². The first-order valence-electron chi connectivity index (χ1n) is 5.91. The maximum atomic E-state index is 5.43. The first kappa shape index (κ1) is 13.0. The number of hydrogen-bond acceptors (Lipinski definition) is 2. The predicted molar refractivity (Wildman–Crippen MR) is 69.3 cm³/mol. The van der Waals surface area contributed by atoms with Gasteiger partial charge in [0.1, 0.15) is 5.75 Å². The topological polar surface area (TPSA) is 12.5 Å². The van der Waals surface area contributed by atoms with Crippen molar-refractivity contribution in [3.05, 3.63) is 28.8 Å². The molecule has 0 amide bonds. The Balaban J connectivity index is 2.81. The average Bonchev–Trinajstić information content (AvgIpc) is 2.29. The molecular formula is C14H23NO. The van der Waals surface area contributed by atoms with Gasteiger partial charge in [-0.15, -0.1) is 0 Å². The van der Waals surface area contributed by atoms with Crippen molar-refractivity contribution in [2.24, 2.45) is 0 Å². The summed E-state index contributed by atoms with van der Waals surface area (Å²) >= 11 is 0. The molecular weight excluding hydrogens is 198 g/mol. The third-order valence-corrected chi connectivity index (χ3v) is 3.20. The largest absolute Gasteiger partial charge is 0.496 e. The van der Waals surface area contributed by atoms with Crippen molar-refractivity contribution >= 4 is 0 Å². The van der Waals surface area contributed by atoms with Crippen molar-refractivity contribution < 1.29 is 4.74 Å². The molecule has 0 aromatic heterocycles. The van der Waals surface area contributed by atoms with Crippen LogP contribution in [0, 0.1) is 13.8 Å². The van der Waals surface area contributed by atoms with Gasteiger partial charge in [-0.2, -0.15) is 0 Å². The van der Waals surface area contributed by atoms with Crippen molar-refractivity contribution in [2.75, 3.05) is 27.2 Å². The van der Waals surface area contributed by atoms with Crippen molar-refractivity contribution in [3.63, 3.8) is 0 Å². The van der Waals surface area contributed by atoms with Gasteiger partial charge in [0.05, 0.1) is 7.11 Å². The molecule has 90 valence electrons. The Morgan fingerprint density at radius 1 is 1.19 bits per heavy atom. The molecule has 0 fully saturated rings. The van der Waals surface area contributed by atoms with E-state index in [1.54, 1.807) is 7.11 Å². The zero-order valence-electron chi connectivity index (χ0n) is 11.1. The van der Waals surface area contributed by atoms with Gasteiger partial charge in [0.15, 0.2) is 0 Å². The molecule has 0 aliphatic heterocycles. The second-order valence-corrected chi connectivity index (χ2v) is 4.39. The van der Waals surface area contributed by atoms with Crippen LogP contribution in [0.2, 0.25) is 0 Å². The van der Waals surface area contributed by atoms with Crippen LogP contribution in [0.25, 0.3) is 0 Å². The van der Waals surface area contributed by atoms with Gasteiger partial charge in [-0.1, -0.05) is 13.0 Å². The van der Waals surface area contributed by atoms with Crippen molar-refractivity contribution in [1.29, 1.82) is 0 Å². The lowest BCUT2D eigenvalue weighted by molar-refractivity contribution is 0.352. The maximum absolute atomic E-state index is 5.43. The molecule has 0 N–H and O–H groups in total. The number of ether oxygens (including phenoxy) is 1. The number of methoxy groups -OCH3 is 1. The Bertz CT molecular complexity index is 347. The van der Waals surface area contributed by atoms with Crippen LogP contribution in [0.5, 0.6) is 5.75 Å². The fourth-order valence-corrected chi connectivity index (χ4v) is 1.70. The molecule has 0 aliphatic carbocycles. The molecule has 0 aliphatic rings. The van der Waals surface area contributed by atoms with Gasteiger partial charge in [0.25, 0.3) is 0 Å². The Morgan fingerprint density at radius 2 is 1.81 bits per heavy atom. The first-order chi connectivity index (χ1) is 7.58. The molecule has 2 heteroatoms. The average molecular weight is 221 g/mol. The van der Waals surface area contributed by atoms with E-state index >= 15 is 0 Å². The summed E-state index contributed by atoms with van der Waals surface area (Å²) in [6, 6.07) is 4.38. The van der Waals surface area contributed by atoms with E-state index in [0.717, 1.165) is 25.3 Å². The molecule has 0 heterocycles. The highest BCUT2D eigenvalue weighted by Crippen LogP contribution is 2.23. The van der Waals surface area contributed by atoms with Gasteiger partial charge in [0.2, 0.25) is 0 Å². The summed E-state index contributed by atoms with van der Waals surface area (Å²) in [5, 5.41) is 0. The zero-order chi connectivity index (χ0) is 12.1. The van der Waals surface area contributed by atoms with E-state index in [1.165, 1.54) is 16.7 Å². The normalized spacial score (nSPS) is 10.9. The lowest BCUT2D eigenvalue weighted by Gasteiger charge is -2.16. The SMILES string of the molecule is CCN(C)CCc1cc(C)c(C)cc1OC. The quantitative estimate of drug-likeness (QED) is 0.758. The molecule has 0 atom stereocenters. The van der Waals surface area contributed by atoms with E-state index < -0.39 is 0 Å². The zero-order valence-corrected chi connectivity index (χ0v) is 11.1. The van der Waals surface area contributed by atoms with Crippen LogP contribution in [0.4, 0.5) is 0 Å². The van der Waals surface area contributed by atoms with Gasteiger partial charge in [-0.05, 0) is 56.6 Å². The van der Waals surface area contributed by atoms with E-state index in [4.69, 9.17) is 4.74 Å². The molecule has 16 heavy (non-hydrogen) atoms. The Morgan fingerprint density at radius 3 is 2.38 bits per heavy atom. The number of aryl methyl sites for hydroxylation is 2. The van der Waals surface area contributed by atoms with E-state index in [-0.39, 0.29) is 0 Å². The summed E-state index contributed by atoms with van der Waals surface area (Å²) in [5.41, 5.74) is 3.95. The molecule has 0 radical (unpaired) electrons. The predicted octanol–water partition coefficient (Wildman–Crippen LogP) is 2.81. The fraction of sp³-hybridized carbons (Fsp3) is 0.571. The highest BCUT2D eigenvalue weighted by molar-refractivity contribution is 5.41. The fourth-order valence-electron chi connectivity index (χ4n) is 1.70. The van der Waals surface area contributed by atoms with E-state index in [0.29, 0.717) is 0 Å². The van der Waals surface area contributed by atoms with E-state index in [2.05, 4.69) is 44.9 Å². The third-order valence-electron chi connectivity index (χ3n) is 3.20. The molecule has 1 aromatic carbocycles. The summed E-state index contributed by atoms with van der Waals surface area (Å²) in [5.74, 6) is 1.02. The Labute approximate surface area is 99.2 Å². The van der Waals surface area contributed by atoms with Crippen LogP contribution < -0.4 is 4.74 Å². The third kappa shape index (κ3) is 3.24. The molecule has 0 bridgehead atoms. The van der Waals surface area contributed by atoms with Gasteiger partial charge < -0.3 is 9.64 Å². The molecule has 0 saturated carbocycles. The molecule has 2 nitrogen and oxygen atoms in total. The number of hydrogen-bond donors (Lipinski definition) is 0. The van der Waals surface area contributed by atoms with Crippen LogP contribution >= 0.6 is 0 Å². The standard InChI is InChI=1S/C14H23NO/c1-6-15(4)8-7-13-9-11(2)12(3)10-14(13)16-5/h9-10H,6-8H2,1-5H3. The molecule has 1 aromatic rings. The summed E-state index contributed by atoms with van der Waals surface area (Å²) in [6.45, 7) is 8.63. The minimum atomic E-state index is 1.02. The van der Waals surface area contributed by atoms with Crippen LogP contribution in [0.3, 0.4) is 0 Å². The highest BCUT2D eigenvalue weighted by atomic mass is 16.5. The van der Waals surface area contributed by atoms with Gasteiger partial charge >= 0.3 is 0 Å². The van der Waals surface area contributed by atoms with E-state index in [9.17, 15) is 0 Å². The monoisotopic (exact) mass is 221 g/mol. The summed E-state index contributed by atoms with van der Waals surface area (Å²) in [6.07, 6.45) is 1.05. The summed E-state index contributed by atoms with van der Waals surface area (Å²) < 4.78 is 5.43. The van der Waals surface area contributed by atoms with Crippen molar-refractivity contribution in [2.45, 2.75) is 27.2 Å². The maximum Gasteiger partial charge on any atom is 0.122 e. The number of likely N-dealkylation sites (N-methyl/N-ethyl adjacent to an activating group) is 1. The number of nitrogens with zero attached hydrogens (tertiary/aromatic N) is 1. The van der Waals surface area contributed by atoms with Crippen LogP contribution in [0.1, 0.15) is 23.6 Å². The lowest BCUT2D eigenvalue weighted by atomic mass is 10.0. The first-order valence-corrected chi connectivity index (χ1v) is 5.91. The van der Waals surface area contributed by atoms with Gasteiger partial charge in [-0.25, -0.2) is 0 Å². The second-order valence-electron chi connectivity index (χ2n) is 4.39. The highest BCUT2D eigenvalue weighted by Gasteiger charge is 2.06. The molecule has 0 saturated heterocycles. The number of rotatable bonds is 5. The van der Waals surface area contributed by atoms with Crippen molar-refractivity contribution in [1.82, 2.24) is 4.90 Å². The smallest absolute Gasteiger partial charge is 0.122 e. The molecule has 0 spiro atoms. The second kappa shape index (κ2) is 5.90. The minimum Gasteiger partial charge on any atom is -0.496 e. The summed E-state index contributed by atoms with van der Waals surface area (Å²) in [4.78, 5) is 2.31. The van der Waals surface area contributed by atoms with Crippen LogP contribution in [-0.2, 0) is 6.42 Å². The summed E-state index contributed by atoms with van der Waals surface area (Å²) in [7, 11) is 3.89. The number of benzene rings is 1. The molecule has 0 unspecified atom stereocenters. The van der Waals surface area contributed by atoms with Crippen molar-refractivity contribution in [3.8, 4) is 5.75 Å². The van der Waals surface area contributed by atoms with Crippen LogP contribution in [-0.4, -0.2) is 32.1 Å². The lowest BCUT2D eigenvalue weighted by Crippen LogP contribution is -2.20. The van der Waals surface area contributed by atoms with Crippen LogP contribution in [0.15, 0.2) is 12.1 Å².